The summed E-state index contributed by atoms with van der Waals surface area (Å²) < 4.78 is 0.629. The minimum atomic E-state index is -0.131. The first kappa shape index (κ1) is 19.4. The summed E-state index contributed by atoms with van der Waals surface area (Å²) in [6.45, 7) is 7.47. The topological polar surface area (TPSA) is 78.1 Å². The number of aryl methyl sites for hydroxylation is 1. The standard InChI is InChI=1S/C22H24N4O2S/c1-3-10-23-20(27)15-8-6-11-26(12-15)22-24-18-17(13-29-19(18)21(28)25-22)16-9-5-4-7-14(16)2/h3-5,7,9,13,15H,1,6,8,10-12H2,2H3,(H,23,27)(H,24,25,28). The number of H-pyrrole nitrogens is 1. The molecular formula is C22H24N4O2S. The van der Waals surface area contributed by atoms with E-state index in [4.69, 9.17) is 4.98 Å². The van der Waals surface area contributed by atoms with Gasteiger partial charge in [-0.15, -0.1) is 17.9 Å². The maximum atomic E-state index is 12.7. The third-order valence-electron chi connectivity index (χ3n) is 5.36. The second kappa shape index (κ2) is 8.21. The van der Waals surface area contributed by atoms with E-state index in [1.165, 1.54) is 11.3 Å². The lowest BCUT2D eigenvalue weighted by Crippen LogP contribution is -2.44. The lowest BCUT2D eigenvalue weighted by atomic mass is 9.97. The second-order valence-electron chi connectivity index (χ2n) is 7.35. The second-order valence-corrected chi connectivity index (χ2v) is 8.23. The molecule has 1 aliphatic rings. The van der Waals surface area contributed by atoms with Gasteiger partial charge in [0, 0.05) is 30.6 Å². The molecule has 2 N–H and O–H groups in total. The molecule has 1 aromatic carbocycles. The van der Waals surface area contributed by atoms with Crippen LogP contribution in [0.2, 0.25) is 0 Å². The molecule has 29 heavy (non-hydrogen) atoms. The third-order valence-corrected chi connectivity index (χ3v) is 6.33. The van der Waals surface area contributed by atoms with Gasteiger partial charge < -0.3 is 10.2 Å². The van der Waals surface area contributed by atoms with Crippen molar-refractivity contribution in [2.24, 2.45) is 5.92 Å². The number of aromatic amines is 1. The molecule has 1 aliphatic heterocycles. The molecule has 0 spiro atoms. The van der Waals surface area contributed by atoms with Crippen LogP contribution in [-0.2, 0) is 4.79 Å². The summed E-state index contributed by atoms with van der Waals surface area (Å²) in [5.74, 6) is 0.439. The molecule has 0 saturated carbocycles. The number of rotatable bonds is 5. The van der Waals surface area contributed by atoms with E-state index in [-0.39, 0.29) is 17.4 Å². The lowest BCUT2D eigenvalue weighted by molar-refractivity contribution is -0.125. The minimum Gasteiger partial charge on any atom is -0.352 e. The maximum absolute atomic E-state index is 12.7. The highest BCUT2D eigenvalue weighted by Gasteiger charge is 2.27. The molecule has 1 saturated heterocycles. The first-order valence-electron chi connectivity index (χ1n) is 9.79. The SMILES string of the molecule is C=CCNC(=O)C1CCCN(c2nc3c(-c4ccccc4C)csc3c(=O)[nH]2)C1. The molecular weight excluding hydrogens is 384 g/mol. The van der Waals surface area contributed by atoms with Gasteiger partial charge in [0.1, 0.15) is 4.70 Å². The van der Waals surface area contributed by atoms with Gasteiger partial charge in [0.05, 0.1) is 11.4 Å². The Kier molecular flexibility index (Phi) is 5.49. The molecule has 150 valence electrons. The highest BCUT2D eigenvalue weighted by molar-refractivity contribution is 7.17. The van der Waals surface area contributed by atoms with Crippen molar-refractivity contribution in [1.82, 2.24) is 15.3 Å². The van der Waals surface area contributed by atoms with E-state index in [0.717, 1.165) is 41.6 Å². The summed E-state index contributed by atoms with van der Waals surface area (Å²) in [5, 5.41) is 4.87. The Bertz CT molecular complexity index is 1120. The van der Waals surface area contributed by atoms with Crippen LogP contribution in [0.25, 0.3) is 21.3 Å². The van der Waals surface area contributed by atoms with Gasteiger partial charge in [0.15, 0.2) is 0 Å². The van der Waals surface area contributed by atoms with Crippen molar-refractivity contribution in [3.05, 3.63) is 58.2 Å². The van der Waals surface area contributed by atoms with Crippen molar-refractivity contribution in [3.63, 3.8) is 0 Å². The Morgan fingerprint density at radius 1 is 1.41 bits per heavy atom. The maximum Gasteiger partial charge on any atom is 0.270 e. The number of piperidine rings is 1. The number of nitrogens with one attached hydrogen (secondary N) is 2. The minimum absolute atomic E-state index is 0.0224. The van der Waals surface area contributed by atoms with E-state index in [2.05, 4.69) is 35.9 Å². The van der Waals surface area contributed by atoms with Crippen LogP contribution in [0.3, 0.4) is 0 Å². The summed E-state index contributed by atoms with van der Waals surface area (Å²) in [4.78, 5) is 34.9. The van der Waals surface area contributed by atoms with Crippen molar-refractivity contribution in [1.29, 1.82) is 0 Å². The van der Waals surface area contributed by atoms with Gasteiger partial charge in [-0.2, -0.15) is 0 Å². The molecule has 3 aromatic rings. The zero-order valence-electron chi connectivity index (χ0n) is 16.4. The Hall–Kier alpha value is -2.93. The van der Waals surface area contributed by atoms with E-state index >= 15 is 0 Å². The van der Waals surface area contributed by atoms with Gasteiger partial charge in [-0.3, -0.25) is 14.6 Å². The van der Waals surface area contributed by atoms with Crippen LogP contribution in [0.4, 0.5) is 5.95 Å². The number of anilines is 1. The van der Waals surface area contributed by atoms with Crippen LogP contribution >= 0.6 is 11.3 Å². The van der Waals surface area contributed by atoms with Crippen molar-refractivity contribution in [2.45, 2.75) is 19.8 Å². The number of thiophene rings is 1. The van der Waals surface area contributed by atoms with Crippen LogP contribution in [0.5, 0.6) is 0 Å². The molecule has 7 heteroatoms. The summed E-state index contributed by atoms with van der Waals surface area (Å²) in [6.07, 6.45) is 3.39. The van der Waals surface area contributed by atoms with Gasteiger partial charge >= 0.3 is 0 Å². The fourth-order valence-electron chi connectivity index (χ4n) is 3.83. The zero-order valence-corrected chi connectivity index (χ0v) is 17.2. The molecule has 1 fully saturated rings. The third kappa shape index (κ3) is 3.82. The van der Waals surface area contributed by atoms with Gasteiger partial charge in [-0.1, -0.05) is 30.3 Å². The van der Waals surface area contributed by atoms with E-state index in [1.807, 2.05) is 22.4 Å². The Balaban J connectivity index is 1.69. The fraction of sp³-hybridized carbons (Fsp3) is 0.318. The smallest absolute Gasteiger partial charge is 0.270 e. The predicted octanol–water partition coefficient (Wildman–Crippen LogP) is 3.48. The predicted molar refractivity (Wildman–Crippen MR) is 119 cm³/mol. The van der Waals surface area contributed by atoms with Crippen LogP contribution in [0.1, 0.15) is 18.4 Å². The largest absolute Gasteiger partial charge is 0.352 e. The van der Waals surface area contributed by atoms with Crippen LogP contribution in [0.15, 0.2) is 47.1 Å². The monoisotopic (exact) mass is 408 g/mol. The Morgan fingerprint density at radius 3 is 3.03 bits per heavy atom. The molecule has 1 atom stereocenters. The van der Waals surface area contributed by atoms with Gasteiger partial charge in [0.25, 0.3) is 5.56 Å². The highest BCUT2D eigenvalue weighted by Crippen LogP contribution is 2.33. The van der Waals surface area contributed by atoms with Crippen molar-refractivity contribution < 1.29 is 4.79 Å². The average molecular weight is 409 g/mol. The summed E-state index contributed by atoms with van der Waals surface area (Å²) in [6, 6.07) is 8.12. The zero-order chi connectivity index (χ0) is 20.4. The summed E-state index contributed by atoms with van der Waals surface area (Å²) in [5.41, 5.74) is 3.80. The van der Waals surface area contributed by atoms with Crippen molar-refractivity contribution >= 4 is 33.4 Å². The highest BCUT2D eigenvalue weighted by atomic mass is 32.1. The molecule has 0 radical (unpaired) electrons. The number of amides is 1. The molecule has 3 heterocycles. The Labute approximate surface area is 173 Å². The molecule has 2 aromatic heterocycles. The number of carbonyl (C=O) groups is 1. The lowest BCUT2D eigenvalue weighted by Gasteiger charge is -2.32. The molecule has 0 bridgehead atoms. The molecule has 1 unspecified atom stereocenters. The number of hydrogen-bond acceptors (Lipinski definition) is 5. The normalized spacial score (nSPS) is 16.7. The summed E-state index contributed by atoms with van der Waals surface area (Å²) >= 11 is 1.42. The van der Waals surface area contributed by atoms with Crippen LogP contribution in [0, 0.1) is 12.8 Å². The fourth-order valence-corrected chi connectivity index (χ4v) is 4.73. The Morgan fingerprint density at radius 2 is 2.24 bits per heavy atom. The van der Waals surface area contributed by atoms with E-state index in [0.29, 0.717) is 23.7 Å². The molecule has 0 aliphatic carbocycles. The average Bonchev–Trinajstić information content (AvgIpc) is 3.17. The van der Waals surface area contributed by atoms with E-state index in [9.17, 15) is 9.59 Å². The van der Waals surface area contributed by atoms with E-state index in [1.54, 1.807) is 6.08 Å². The number of hydrogen-bond donors (Lipinski definition) is 2. The van der Waals surface area contributed by atoms with Crippen LogP contribution < -0.4 is 15.8 Å². The molecule has 6 nitrogen and oxygen atoms in total. The quantitative estimate of drug-likeness (QED) is 0.634. The number of fused-ring (bicyclic) bond motifs is 1. The van der Waals surface area contributed by atoms with Gasteiger partial charge in [-0.25, -0.2) is 4.98 Å². The summed E-state index contributed by atoms with van der Waals surface area (Å²) in [7, 11) is 0. The van der Waals surface area contributed by atoms with Crippen LogP contribution in [-0.4, -0.2) is 35.5 Å². The van der Waals surface area contributed by atoms with Crippen molar-refractivity contribution in [2.75, 3.05) is 24.5 Å². The van der Waals surface area contributed by atoms with Gasteiger partial charge in [0.2, 0.25) is 11.9 Å². The number of carbonyl (C=O) groups excluding carboxylic acids is 1. The van der Waals surface area contributed by atoms with Crippen molar-refractivity contribution in [3.8, 4) is 11.1 Å². The van der Waals surface area contributed by atoms with Gasteiger partial charge in [-0.05, 0) is 30.9 Å². The first-order valence-corrected chi connectivity index (χ1v) is 10.7. The number of nitrogens with zero attached hydrogens (tertiary/aromatic N) is 2. The number of benzene rings is 1. The number of aromatic nitrogens is 2. The van der Waals surface area contributed by atoms with E-state index < -0.39 is 0 Å². The molecule has 4 rings (SSSR count). The molecule has 1 amide bonds. The first-order chi connectivity index (χ1) is 14.1.